The average Bonchev–Trinajstić information content (AvgIpc) is 2.38. The first kappa shape index (κ1) is 14.5. The standard InChI is InChI=1S/C14H11BrF2N2O/c1-7-4-10(15)12(17)6-13(7)19-14(20)9-5-8(18)2-3-11(9)16/h2-6H,18H2,1H3,(H,19,20). The second-order valence-corrected chi connectivity index (χ2v) is 5.13. The molecule has 0 bridgehead atoms. The number of rotatable bonds is 2. The minimum absolute atomic E-state index is 0.187. The smallest absolute Gasteiger partial charge is 0.258 e. The Kier molecular flexibility index (Phi) is 4.04. The molecule has 1 amide bonds. The van der Waals surface area contributed by atoms with Crippen LogP contribution in [-0.2, 0) is 0 Å². The van der Waals surface area contributed by atoms with Crippen LogP contribution in [0.5, 0.6) is 0 Å². The summed E-state index contributed by atoms with van der Waals surface area (Å²) in [4.78, 5) is 12.0. The lowest BCUT2D eigenvalue weighted by molar-refractivity contribution is 0.102. The van der Waals surface area contributed by atoms with Crippen LogP contribution in [0.3, 0.4) is 0 Å². The van der Waals surface area contributed by atoms with Gasteiger partial charge in [0.05, 0.1) is 10.0 Å². The Hall–Kier alpha value is -1.95. The maximum atomic E-state index is 13.6. The summed E-state index contributed by atoms with van der Waals surface area (Å²) >= 11 is 3.05. The highest BCUT2D eigenvalue weighted by atomic mass is 79.9. The zero-order valence-electron chi connectivity index (χ0n) is 10.5. The van der Waals surface area contributed by atoms with Gasteiger partial charge in [-0.25, -0.2) is 8.78 Å². The van der Waals surface area contributed by atoms with E-state index in [9.17, 15) is 13.6 Å². The summed E-state index contributed by atoms with van der Waals surface area (Å²) in [6.07, 6.45) is 0. The van der Waals surface area contributed by atoms with E-state index in [-0.39, 0.29) is 16.9 Å². The first-order valence-electron chi connectivity index (χ1n) is 5.70. The summed E-state index contributed by atoms with van der Waals surface area (Å²) < 4.78 is 27.3. The largest absolute Gasteiger partial charge is 0.399 e. The van der Waals surface area contributed by atoms with Crippen LogP contribution in [0.25, 0.3) is 0 Å². The first-order chi connectivity index (χ1) is 9.38. The van der Waals surface area contributed by atoms with Crippen molar-refractivity contribution in [2.24, 2.45) is 0 Å². The van der Waals surface area contributed by atoms with Crippen LogP contribution in [-0.4, -0.2) is 5.91 Å². The van der Waals surface area contributed by atoms with Gasteiger partial charge in [0.15, 0.2) is 0 Å². The fraction of sp³-hybridized carbons (Fsp3) is 0.0714. The Balaban J connectivity index is 2.32. The predicted octanol–water partition coefficient (Wildman–Crippen LogP) is 3.87. The van der Waals surface area contributed by atoms with Crippen molar-refractivity contribution >= 4 is 33.2 Å². The van der Waals surface area contributed by atoms with E-state index >= 15 is 0 Å². The third kappa shape index (κ3) is 2.96. The van der Waals surface area contributed by atoms with Crippen molar-refractivity contribution in [3.8, 4) is 0 Å². The molecular formula is C14H11BrF2N2O. The van der Waals surface area contributed by atoms with Gasteiger partial charge in [-0.1, -0.05) is 0 Å². The first-order valence-corrected chi connectivity index (χ1v) is 6.50. The lowest BCUT2D eigenvalue weighted by atomic mass is 10.1. The minimum Gasteiger partial charge on any atom is -0.399 e. The number of benzene rings is 2. The quantitative estimate of drug-likeness (QED) is 0.815. The molecule has 20 heavy (non-hydrogen) atoms. The van der Waals surface area contributed by atoms with Crippen LogP contribution in [0, 0.1) is 18.6 Å². The summed E-state index contributed by atoms with van der Waals surface area (Å²) in [6, 6.07) is 6.40. The Bertz CT molecular complexity index is 689. The van der Waals surface area contributed by atoms with Crippen molar-refractivity contribution in [2.75, 3.05) is 11.1 Å². The molecule has 2 rings (SSSR count). The molecule has 0 aliphatic heterocycles. The highest BCUT2D eigenvalue weighted by Gasteiger charge is 2.14. The zero-order chi connectivity index (χ0) is 14.9. The molecule has 3 N–H and O–H groups in total. The van der Waals surface area contributed by atoms with Crippen LogP contribution >= 0.6 is 15.9 Å². The van der Waals surface area contributed by atoms with Crippen LogP contribution in [0.4, 0.5) is 20.2 Å². The number of carbonyl (C=O) groups is 1. The van der Waals surface area contributed by atoms with Crippen LogP contribution in [0.15, 0.2) is 34.8 Å². The molecule has 0 aromatic heterocycles. The number of amides is 1. The second kappa shape index (κ2) is 5.58. The van der Waals surface area contributed by atoms with Crippen LogP contribution in [0.2, 0.25) is 0 Å². The predicted molar refractivity (Wildman–Crippen MR) is 77.6 cm³/mol. The van der Waals surface area contributed by atoms with Crippen LogP contribution < -0.4 is 11.1 Å². The van der Waals surface area contributed by atoms with E-state index in [1.54, 1.807) is 6.92 Å². The van der Waals surface area contributed by atoms with Gasteiger partial charge in [-0.15, -0.1) is 0 Å². The molecule has 2 aromatic rings. The number of anilines is 2. The molecule has 0 saturated heterocycles. The van der Waals surface area contributed by atoms with Crippen molar-refractivity contribution in [2.45, 2.75) is 6.92 Å². The molecule has 6 heteroatoms. The summed E-state index contributed by atoms with van der Waals surface area (Å²) in [5, 5.41) is 2.47. The Labute approximate surface area is 122 Å². The maximum absolute atomic E-state index is 13.6. The molecule has 0 fully saturated rings. The SMILES string of the molecule is Cc1cc(Br)c(F)cc1NC(=O)c1cc(N)ccc1F. The molecule has 0 spiro atoms. The molecule has 0 saturated carbocycles. The Morgan fingerprint density at radius 3 is 2.60 bits per heavy atom. The fourth-order valence-electron chi connectivity index (χ4n) is 1.69. The Morgan fingerprint density at radius 1 is 1.20 bits per heavy atom. The van der Waals surface area contributed by atoms with Crippen LogP contribution in [0.1, 0.15) is 15.9 Å². The summed E-state index contributed by atoms with van der Waals surface area (Å²) in [5.41, 5.74) is 6.53. The number of carbonyl (C=O) groups excluding carboxylic acids is 1. The van der Waals surface area contributed by atoms with Gasteiger partial charge in [0.25, 0.3) is 5.91 Å². The molecule has 3 nitrogen and oxygen atoms in total. The van der Waals surface area contributed by atoms with E-state index in [2.05, 4.69) is 21.2 Å². The van der Waals surface area contributed by atoms with Gasteiger partial charge in [-0.3, -0.25) is 4.79 Å². The van der Waals surface area contributed by atoms with E-state index in [1.165, 1.54) is 24.3 Å². The molecule has 0 aliphatic rings. The van der Waals surface area contributed by atoms with E-state index in [0.717, 1.165) is 6.07 Å². The molecule has 0 heterocycles. The van der Waals surface area contributed by atoms with E-state index < -0.39 is 17.5 Å². The van der Waals surface area contributed by atoms with Crippen molar-refractivity contribution in [3.63, 3.8) is 0 Å². The Morgan fingerprint density at radius 2 is 1.90 bits per heavy atom. The van der Waals surface area contributed by atoms with Gasteiger partial charge < -0.3 is 11.1 Å². The third-order valence-corrected chi connectivity index (χ3v) is 3.36. The number of nitrogen functional groups attached to an aromatic ring is 1. The number of hydrogen-bond donors (Lipinski definition) is 2. The normalized spacial score (nSPS) is 10.4. The highest BCUT2D eigenvalue weighted by molar-refractivity contribution is 9.10. The van der Waals surface area contributed by atoms with Gasteiger partial charge in [0, 0.05) is 11.4 Å². The van der Waals surface area contributed by atoms with Crippen molar-refractivity contribution in [1.29, 1.82) is 0 Å². The monoisotopic (exact) mass is 340 g/mol. The highest BCUT2D eigenvalue weighted by Crippen LogP contribution is 2.24. The fourth-order valence-corrected chi connectivity index (χ4v) is 2.15. The molecule has 0 unspecified atom stereocenters. The van der Waals surface area contributed by atoms with Gasteiger partial charge in [-0.2, -0.15) is 0 Å². The van der Waals surface area contributed by atoms with E-state index in [1.807, 2.05) is 0 Å². The van der Waals surface area contributed by atoms with Gasteiger partial charge in [0.1, 0.15) is 11.6 Å². The summed E-state index contributed by atoms with van der Waals surface area (Å²) in [5.74, 6) is -1.88. The molecule has 104 valence electrons. The van der Waals surface area contributed by atoms with Crippen molar-refractivity contribution in [3.05, 3.63) is 57.6 Å². The summed E-state index contributed by atoms with van der Waals surface area (Å²) in [7, 11) is 0. The number of halogens is 3. The molecule has 0 atom stereocenters. The third-order valence-electron chi connectivity index (χ3n) is 2.75. The minimum atomic E-state index is -0.688. The molecule has 0 radical (unpaired) electrons. The molecule has 0 aliphatic carbocycles. The van der Waals surface area contributed by atoms with Crippen molar-refractivity contribution in [1.82, 2.24) is 0 Å². The topological polar surface area (TPSA) is 55.1 Å². The summed E-state index contributed by atoms with van der Waals surface area (Å²) in [6.45, 7) is 1.70. The molecule has 2 aromatic carbocycles. The lowest BCUT2D eigenvalue weighted by Gasteiger charge is -2.10. The number of aryl methyl sites for hydroxylation is 1. The maximum Gasteiger partial charge on any atom is 0.258 e. The average molecular weight is 341 g/mol. The van der Waals surface area contributed by atoms with Gasteiger partial charge in [-0.05, 0) is 58.7 Å². The number of hydrogen-bond acceptors (Lipinski definition) is 2. The number of nitrogens with two attached hydrogens (primary N) is 1. The van der Waals surface area contributed by atoms with E-state index in [4.69, 9.17) is 5.73 Å². The number of nitrogens with one attached hydrogen (secondary N) is 1. The lowest BCUT2D eigenvalue weighted by Crippen LogP contribution is -2.15. The van der Waals surface area contributed by atoms with E-state index in [0.29, 0.717) is 10.0 Å². The molecular weight excluding hydrogens is 330 g/mol. The second-order valence-electron chi connectivity index (χ2n) is 4.27. The van der Waals surface area contributed by atoms with Gasteiger partial charge >= 0.3 is 0 Å². The zero-order valence-corrected chi connectivity index (χ0v) is 12.1. The van der Waals surface area contributed by atoms with Crippen molar-refractivity contribution < 1.29 is 13.6 Å². The van der Waals surface area contributed by atoms with Gasteiger partial charge in [0.2, 0.25) is 0 Å².